The third-order valence-electron chi connectivity index (χ3n) is 4.78. The number of rotatable bonds is 4. The van der Waals surface area contributed by atoms with Crippen LogP contribution < -0.4 is 16.8 Å². The molecule has 0 saturated carbocycles. The number of piperidine rings is 1. The molecule has 0 aromatic heterocycles. The van der Waals surface area contributed by atoms with Crippen molar-refractivity contribution in [3.8, 4) is 0 Å². The number of aliphatic imine (C=N–C) groups is 1. The molecule has 2 aromatic rings. The van der Waals surface area contributed by atoms with Crippen molar-refractivity contribution in [2.45, 2.75) is 31.7 Å². The van der Waals surface area contributed by atoms with Gasteiger partial charge in [0.2, 0.25) is 0 Å². The number of para-hydroxylation sites is 1. The van der Waals surface area contributed by atoms with Crippen molar-refractivity contribution in [1.82, 2.24) is 5.32 Å². The highest BCUT2D eigenvalue weighted by atomic mass is 16.1. The molecule has 5 N–H and O–H groups in total. The fourth-order valence-electron chi connectivity index (χ4n) is 3.17. The zero-order valence-corrected chi connectivity index (χ0v) is 14.4. The van der Waals surface area contributed by atoms with Gasteiger partial charge in [0.05, 0.1) is 16.9 Å². The monoisotopic (exact) mass is 336 g/mol. The fourth-order valence-corrected chi connectivity index (χ4v) is 3.17. The quantitative estimate of drug-likeness (QED) is 0.592. The largest absolute Gasteiger partial charge is 0.398 e. The molecule has 1 aliphatic heterocycles. The number of hydrogen-bond donors (Lipinski definition) is 3. The van der Waals surface area contributed by atoms with Crippen LogP contribution in [0.4, 0.5) is 11.4 Å². The van der Waals surface area contributed by atoms with Gasteiger partial charge >= 0.3 is 0 Å². The molecule has 2 atom stereocenters. The number of hydrogen-bond acceptors (Lipinski definition) is 4. The highest BCUT2D eigenvalue weighted by Gasteiger charge is 2.18. The van der Waals surface area contributed by atoms with Crippen molar-refractivity contribution in [1.29, 1.82) is 0 Å². The Balaban J connectivity index is 1.72. The van der Waals surface area contributed by atoms with Gasteiger partial charge in [-0.15, -0.1) is 0 Å². The van der Waals surface area contributed by atoms with E-state index in [2.05, 4.69) is 29.4 Å². The lowest BCUT2D eigenvalue weighted by Gasteiger charge is -2.27. The van der Waals surface area contributed by atoms with Gasteiger partial charge in [-0.1, -0.05) is 24.3 Å². The van der Waals surface area contributed by atoms with Crippen LogP contribution in [0.2, 0.25) is 0 Å². The molecule has 5 heteroatoms. The van der Waals surface area contributed by atoms with E-state index in [1.54, 1.807) is 18.3 Å². The maximum Gasteiger partial charge on any atom is 0.250 e. The van der Waals surface area contributed by atoms with E-state index in [-0.39, 0.29) is 0 Å². The van der Waals surface area contributed by atoms with E-state index in [0.717, 1.165) is 12.2 Å². The lowest BCUT2D eigenvalue weighted by molar-refractivity contribution is 0.100. The number of nitrogens with two attached hydrogens (primary N) is 2. The van der Waals surface area contributed by atoms with E-state index in [1.165, 1.54) is 18.4 Å². The van der Waals surface area contributed by atoms with Crippen LogP contribution in [0.3, 0.4) is 0 Å². The first-order valence-corrected chi connectivity index (χ1v) is 8.60. The molecule has 0 bridgehead atoms. The molecule has 2 unspecified atom stereocenters. The summed E-state index contributed by atoms with van der Waals surface area (Å²) in [4.78, 5) is 15.8. The first-order valence-electron chi connectivity index (χ1n) is 8.60. The van der Waals surface area contributed by atoms with Crippen LogP contribution in [0, 0.1) is 0 Å². The molecule has 0 aliphatic carbocycles. The van der Waals surface area contributed by atoms with Crippen molar-refractivity contribution in [2.75, 3.05) is 12.3 Å². The van der Waals surface area contributed by atoms with Gasteiger partial charge in [0, 0.05) is 24.4 Å². The predicted octanol–water partition coefficient (Wildman–Crippen LogP) is 2.97. The minimum atomic E-state index is -0.535. The Morgan fingerprint density at radius 2 is 1.96 bits per heavy atom. The predicted molar refractivity (Wildman–Crippen MR) is 103 cm³/mol. The Bertz CT molecular complexity index is 775. The van der Waals surface area contributed by atoms with Crippen LogP contribution in [0.15, 0.2) is 47.5 Å². The summed E-state index contributed by atoms with van der Waals surface area (Å²) in [6, 6.07) is 14.1. The summed E-state index contributed by atoms with van der Waals surface area (Å²) in [5, 5.41) is 3.53. The van der Waals surface area contributed by atoms with Crippen LogP contribution in [0.1, 0.15) is 47.2 Å². The number of carbonyl (C=O) groups is 1. The van der Waals surface area contributed by atoms with Crippen LogP contribution in [-0.4, -0.2) is 24.7 Å². The SMILES string of the molecule is CC1CCC(c2ccc(N=Cc3cccc(C(N)=O)c3N)cc2)CN1. The molecular weight excluding hydrogens is 312 g/mol. The summed E-state index contributed by atoms with van der Waals surface area (Å²) >= 11 is 0. The van der Waals surface area contributed by atoms with E-state index >= 15 is 0 Å². The minimum absolute atomic E-state index is 0.318. The van der Waals surface area contributed by atoms with Crippen molar-refractivity contribution >= 4 is 23.5 Å². The molecule has 25 heavy (non-hydrogen) atoms. The summed E-state index contributed by atoms with van der Waals surface area (Å²) < 4.78 is 0. The average molecular weight is 336 g/mol. The van der Waals surface area contributed by atoms with E-state index in [9.17, 15) is 4.79 Å². The Kier molecular flexibility index (Phi) is 5.14. The second kappa shape index (κ2) is 7.49. The molecule has 2 aromatic carbocycles. The van der Waals surface area contributed by atoms with Gasteiger partial charge in [-0.25, -0.2) is 0 Å². The second-order valence-corrected chi connectivity index (χ2v) is 6.61. The third kappa shape index (κ3) is 4.06. The van der Waals surface area contributed by atoms with Gasteiger partial charge in [-0.2, -0.15) is 0 Å². The molecule has 1 heterocycles. The van der Waals surface area contributed by atoms with Crippen molar-refractivity contribution in [3.63, 3.8) is 0 Å². The fraction of sp³-hybridized carbons (Fsp3) is 0.300. The molecule has 1 amide bonds. The second-order valence-electron chi connectivity index (χ2n) is 6.61. The molecular formula is C20H24N4O. The first kappa shape index (κ1) is 17.2. The van der Waals surface area contributed by atoms with Gasteiger partial charge in [0.25, 0.3) is 5.91 Å². The van der Waals surface area contributed by atoms with Crippen molar-refractivity contribution < 1.29 is 4.79 Å². The van der Waals surface area contributed by atoms with Crippen LogP contribution in [0.5, 0.6) is 0 Å². The van der Waals surface area contributed by atoms with E-state index in [4.69, 9.17) is 11.5 Å². The summed E-state index contributed by atoms with van der Waals surface area (Å²) in [5.41, 5.74) is 14.9. The van der Waals surface area contributed by atoms with Crippen molar-refractivity contribution in [3.05, 3.63) is 59.2 Å². The summed E-state index contributed by atoms with van der Waals surface area (Å²) in [6.07, 6.45) is 4.09. The van der Waals surface area contributed by atoms with Gasteiger partial charge in [0.1, 0.15) is 0 Å². The Hall–Kier alpha value is -2.66. The van der Waals surface area contributed by atoms with Gasteiger partial charge in [-0.3, -0.25) is 9.79 Å². The van der Waals surface area contributed by atoms with E-state index in [0.29, 0.717) is 28.8 Å². The number of anilines is 1. The van der Waals surface area contributed by atoms with Gasteiger partial charge in [-0.05, 0) is 49.4 Å². The number of amides is 1. The standard InChI is InChI=1S/C20H24N4O/c1-13-5-6-15(11-23-13)14-7-9-17(10-8-14)24-12-16-3-2-4-18(19(16)21)20(22)25/h2-4,7-10,12-13,15,23H,5-6,11,21H2,1H3,(H2,22,25). The summed E-state index contributed by atoms with van der Waals surface area (Å²) in [5.74, 6) is 0.0321. The highest BCUT2D eigenvalue weighted by molar-refractivity contribution is 6.02. The normalized spacial score (nSPS) is 20.7. The Morgan fingerprint density at radius 3 is 2.60 bits per heavy atom. The summed E-state index contributed by atoms with van der Waals surface area (Å²) in [7, 11) is 0. The van der Waals surface area contributed by atoms with Gasteiger partial charge in [0.15, 0.2) is 0 Å². The van der Waals surface area contributed by atoms with Gasteiger partial charge < -0.3 is 16.8 Å². The molecule has 5 nitrogen and oxygen atoms in total. The molecule has 0 spiro atoms. The zero-order chi connectivity index (χ0) is 17.8. The lowest BCUT2D eigenvalue weighted by atomic mass is 9.89. The minimum Gasteiger partial charge on any atom is -0.398 e. The van der Waals surface area contributed by atoms with Crippen molar-refractivity contribution in [2.24, 2.45) is 10.7 Å². The molecule has 1 aliphatic rings. The maximum absolute atomic E-state index is 11.3. The first-order chi connectivity index (χ1) is 12.0. The number of nitrogen functional groups attached to an aromatic ring is 1. The lowest BCUT2D eigenvalue weighted by Crippen LogP contribution is -2.35. The maximum atomic E-state index is 11.3. The Morgan fingerprint density at radius 1 is 1.20 bits per heavy atom. The smallest absolute Gasteiger partial charge is 0.250 e. The Labute approximate surface area is 148 Å². The molecule has 130 valence electrons. The van der Waals surface area contributed by atoms with Crippen LogP contribution >= 0.6 is 0 Å². The molecule has 1 saturated heterocycles. The number of primary amides is 1. The number of nitrogens with zero attached hydrogens (tertiary/aromatic N) is 1. The molecule has 3 rings (SSSR count). The number of carbonyl (C=O) groups excluding carboxylic acids is 1. The zero-order valence-electron chi connectivity index (χ0n) is 14.4. The van der Waals surface area contributed by atoms with E-state index in [1.807, 2.05) is 18.2 Å². The average Bonchev–Trinajstić information content (AvgIpc) is 2.62. The van der Waals surface area contributed by atoms with Crippen LogP contribution in [0.25, 0.3) is 0 Å². The summed E-state index contributed by atoms with van der Waals surface area (Å²) in [6.45, 7) is 3.26. The highest BCUT2D eigenvalue weighted by Crippen LogP contribution is 2.27. The number of benzene rings is 2. The topological polar surface area (TPSA) is 93.5 Å². The molecule has 0 radical (unpaired) electrons. The van der Waals surface area contributed by atoms with Crippen LogP contribution in [-0.2, 0) is 0 Å². The number of nitrogens with one attached hydrogen (secondary N) is 1. The van der Waals surface area contributed by atoms with E-state index < -0.39 is 5.91 Å². The molecule has 1 fully saturated rings. The third-order valence-corrected chi connectivity index (χ3v) is 4.78.